The maximum atomic E-state index is 13.4. The van der Waals surface area contributed by atoms with Gasteiger partial charge in [-0.15, -0.1) is 0 Å². The lowest BCUT2D eigenvalue weighted by Gasteiger charge is -2.27. The number of aromatic nitrogens is 1. The van der Waals surface area contributed by atoms with Crippen molar-refractivity contribution < 1.29 is 19.4 Å². The highest BCUT2D eigenvalue weighted by Crippen LogP contribution is 2.30. The summed E-state index contributed by atoms with van der Waals surface area (Å²) in [5, 5.41) is 16.8. The van der Waals surface area contributed by atoms with Crippen LogP contribution in [0.4, 0.5) is 0 Å². The zero-order chi connectivity index (χ0) is 27.2. The maximum absolute atomic E-state index is 13.4. The molecule has 0 aliphatic carbocycles. The van der Waals surface area contributed by atoms with Gasteiger partial charge in [0.2, 0.25) is 0 Å². The Bertz CT molecular complexity index is 1600. The zero-order valence-electron chi connectivity index (χ0n) is 21.3. The number of aliphatic hydroxyl groups is 1. The van der Waals surface area contributed by atoms with Gasteiger partial charge in [0, 0.05) is 29.2 Å². The molecule has 7 nitrogen and oxygen atoms in total. The Kier molecular flexibility index (Phi) is 7.34. The highest BCUT2D eigenvalue weighted by atomic mass is 16.5. The van der Waals surface area contributed by atoms with E-state index in [1.807, 2.05) is 60.8 Å². The first kappa shape index (κ1) is 25.6. The Balaban J connectivity index is 1.42. The molecule has 0 unspecified atom stereocenters. The Morgan fingerprint density at radius 1 is 0.897 bits per heavy atom. The predicted molar refractivity (Wildman–Crippen MR) is 150 cm³/mol. The second-order valence-corrected chi connectivity index (χ2v) is 9.06. The number of nitrogens with one attached hydrogen (secondary N) is 1. The summed E-state index contributed by atoms with van der Waals surface area (Å²) in [5.74, 6) is -1.05. The van der Waals surface area contributed by atoms with Gasteiger partial charge in [-0.2, -0.15) is 5.10 Å². The fraction of sp³-hybridized carbons (Fsp3) is 0.0938. The third-order valence-electron chi connectivity index (χ3n) is 6.60. The summed E-state index contributed by atoms with van der Waals surface area (Å²) in [6.45, 7) is 0.521. The molecular weight excluding hydrogens is 490 g/mol. The van der Waals surface area contributed by atoms with Gasteiger partial charge in [0.15, 0.2) is 5.60 Å². The van der Waals surface area contributed by atoms with Gasteiger partial charge in [-0.25, -0.2) is 10.2 Å². The largest absolute Gasteiger partial charge is 0.465 e. The third kappa shape index (κ3) is 5.21. The fourth-order valence-electron chi connectivity index (χ4n) is 4.65. The van der Waals surface area contributed by atoms with E-state index in [0.29, 0.717) is 23.2 Å². The molecule has 5 aromatic rings. The van der Waals surface area contributed by atoms with Crippen LogP contribution in [0.2, 0.25) is 0 Å². The standard InChI is InChI=1S/C32H27N3O4/c1-39-30(36)24-12-10-11-23(19-24)21-35-22-25(28-17-8-9-18-29(28)35)20-33-34-31(37)32(38,26-13-4-2-5-14-26)27-15-6-3-7-16-27/h2-20,22,38H,21H2,1H3,(H,34,37)/b33-20-. The van der Waals surface area contributed by atoms with Gasteiger partial charge in [0.25, 0.3) is 5.91 Å². The normalized spacial score (nSPS) is 11.5. The number of hydrazone groups is 1. The number of hydrogen-bond acceptors (Lipinski definition) is 5. The van der Waals surface area contributed by atoms with E-state index in [9.17, 15) is 14.7 Å². The van der Waals surface area contributed by atoms with Gasteiger partial charge >= 0.3 is 5.97 Å². The van der Waals surface area contributed by atoms with Crippen LogP contribution in [-0.4, -0.2) is 34.9 Å². The van der Waals surface area contributed by atoms with Crippen LogP contribution >= 0.6 is 0 Å². The van der Waals surface area contributed by atoms with E-state index in [-0.39, 0.29) is 5.97 Å². The molecule has 1 heterocycles. The highest BCUT2D eigenvalue weighted by molar-refractivity contribution is 6.00. The highest BCUT2D eigenvalue weighted by Gasteiger charge is 2.39. The molecule has 1 aromatic heterocycles. The van der Waals surface area contributed by atoms with Gasteiger partial charge < -0.3 is 14.4 Å². The van der Waals surface area contributed by atoms with Crippen LogP contribution in [0.25, 0.3) is 10.9 Å². The van der Waals surface area contributed by atoms with E-state index in [1.165, 1.54) is 7.11 Å². The first-order valence-corrected chi connectivity index (χ1v) is 12.4. The Labute approximate surface area is 226 Å². The molecule has 39 heavy (non-hydrogen) atoms. The Morgan fingerprint density at radius 2 is 1.54 bits per heavy atom. The predicted octanol–water partition coefficient (Wildman–Crippen LogP) is 4.86. The quantitative estimate of drug-likeness (QED) is 0.175. The van der Waals surface area contributed by atoms with Crippen LogP contribution in [0.5, 0.6) is 0 Å². The van der Waals surface area contributed by atoms with Crippen LogP contribution in [0.15, 0.2) is 120 Å². The molecule has 0 aliphatic heterocycles. The minimum atomic E-state index is -1.92. The second-order valence-electron chi connectivity index (χ2n) is 9.06. The van der Waals surface area contributed by atoms with Gasteiger partial charge in [0.05, 0.1) is 18.9 Å². The molecule has 1 amide bonds. The smallest absolute Gasteiger partial charge is 0.337 e. The molecule has 2 N–H and O–H groups in total. The van der Waals surface area contributed by atoms with Crippen molar-refractivity contribution in [3.8, 4) is 0 Å². The lowest BCUT2D eigenvalue weighted by molar-refractivity contribution is -0.136. The van der Waals surface area contributed by atoms with Crippen molar-refractivity contribution in [1.82, 2.24) is 9.99 Å². The number of hydrogen-bond donors (Lipinski definition) is 2. The van der Waals surface area contributed by atoms with Gasteiger partial charge in [-0.05, 0) is 34.9 Å². The number of esters is 1. The van der Waals surface area contributed by atoms with Crippen LogP contribution in [0.3, 0.4) is 0 Å². The summed E-state index contributed by atoms with van der Waals surface area (Å²) >= 11 is 0. The van der Waals surface area contributed by atoms with Crippen molar-refractivity contribution in [1.29, 1.82) is 0 Å². The Morgan fingerprint density at radius 3 is 2.21 bits per heavy atom. The van der Waals surface area contributed by atoms with E-state index >= 15 is 0 Å². The summed E-state index contributed by atoms with van der Waals surface area (Å²) < 4.78 is 6.90. The third-order valence-corrected chi connectivity index (χ3v) is 6.60. The summed E-state index contributed by atoms with van der Waals surface area (Å²) in [4.78, 5) is 25.3. The number of amides is 1. The van der Waals surface area contributed by atoms with Crippen molar-refractivity contribution in [2.45, 2.75) is 12.1 Å². The molecule has 194 valence electrons. The first-order valence-electron chi connectivity index (χ1n) is 12.4. The van der Waals surface area contributed by atoms with E-state index in [1.54, 1.807) is 60.8 Å². The zero-order valence-corrected chi connectivity index (χ0v) is 21.3. The minimum Gasteiger partial charge on any atom is -0.465 e. The number of carbonyl (C=O) groups excluding carboxylic acids is 2. The van der Waals surface area contributed by atoms with Crippen molar-refractivity contribution >= 4 is 29.0 Å². The van der Waals surface area contributed by atoms with Crippen molar-refractivity contribution in [2.24, 2.45) is 5.10 Å². The molecule has 0 radical (unpaired) electrons. The van der Waals surface area contributed by atoms with Crippen LogP contribution in [-0.2, 0) is 21.7 Å². The molecule has 0 atom stereocenters. The number of rotatable bonds is 8. The molecule has 5 rings (SSSR count). The SMILES string of the molecule is COC(=O)c1cccc(Cn2cc(/C=N\NC(=O)C(O)(c3ccccc3)c3ccccc3)c3ccccc32)c1. The number of nitrogens with zero attached hydrogens (tertiary/aromatic N) is 2. The molecule has 0 saturated carbocycles. The van der Waals surface area contributed by atoms with Crippen LogP contribution in [0, 0.1) is 0 Å². The summed E-state index contributed by atoms with van der Waals surface area (Å²) in [6.07, 6.45) is 3.50. The number of carbonyl (C=O) groups is 2. The number of para-hydroxylation sites is 1. The van der Waals surface area contributed by atoms with Crippen molar-refractivity contribution in [3.63, 3.8) is 0 Å². The summed E-state index contributed by atoms with van der Waals surface area (Å²) in [6, 6.07) is 32.7. The number of methoxy groups -OCH3 is 1. The summed E-state index contributed by atoms with van der Waals surface area (Å²) in [5.41, 5.74) is 4.68. The molecule has 0 fully saturated rings. The monoisotopic (exact) mass is 517 g/mol. The lowest BCUT2D eigenvalue weighted by Crippen LogP contribution is -2.43. The number of benzene rings is 4. The number of ether oxygens (including phenoxy) is 1. The summed E-state index contributed by atoms with van der Waals surface area (Å²) in [7, 11) is 1.36. The first-order chi connectivity index (χ1) is 19.0. The van der Waals surface area contributed by atoms with Crippen LogP contribution < -0.4 is 5.43 Å². The van der Waals surface area contributed by atoms with Crippen molar-refractivity contribution in [2.75, 3.05) is 7.11 Å². The van der Waals surface area contributed by atoms with Gasteiger partial charge in [0.1, 0.15) is 0 Å². The van der Waals surface area contributed by atoms with E-state index in [4.69, 9.17) is 4.74 Å². The van der Waals surface area contributed by atoms with Gasteiger partial charge in [-0.3, -0.25) is 4.79 Å². The average Bonchev–Trinajstić information content (AvgIpc) is 3.34. The van der Waals surface area contributed by atoms with E-state index in [2.05, 4.69) is 15.1 Å². The minimum absolute atomic E-state index is 0.385. The molecular formula is C32H27N3O4. The lowest BCUT2D eigenvalue weighted by atomic mass is 9.85. The van der Waals surface area contributed by atoms with E-state index < -0.39 is 11.5 Å². The van der Waals surface area contributed by atoms with Crippen molar-refractivity contribution in [3.05, 3.63) is 143 Å². The second kappa shape index (κ2) is 11.2. The molecule has 0 bridgehead atoms. The molecule has 4 aromatic carbocycles. The molecule has 0 saturated heterocycles. The van der Waals surface area contributed by atoms with Gasteiger partial charge in [-0.1, -0.05) is 91.0 Å². The Hall–Kier alpha value is -5.01. The topological polar surface area (TPSA) is 92.9 Å². The fourth-order valence-corrected chi connectivity index (χ4v) is 4.65. The maximum Gasteiger partial charge on any atom is 0.337 e. The van der Waals surface area contributed by atoms with E-state index in [0.717, 1.165) is 22.0 Å². The average molecular weight is 518 g/mol. The molecule has 7 heteroatoms. The molecule has 0 aliphatic rings. The van der Waals surface area contributed by atoms with Crippen LogP contribution in [0.1, 0.15) is 32.6 Å². The number of fused-ring (bicyclic) bond motifs is 1. The molecule has 0 spiro atoms.